The molecule has 1 saturated carbocycles. The molecular weight excluding hydrogens is 521 g/mol. The lowest BCUT2D eigenvalue weighted by molar-refractivity contribution is -0.491. The maximum absolute atomic E-state index is 12.6. The van der Waals surface area contributed by atoms with Gasteiger partial charge in [0.05, 0.1) is 25.4 Å². The number of nitrogens with zero attached hydrogens (tertiary/aromatic N) is 1. The lowest BCUT2D eigenvalue weighted by atomic mass is 9.93. The molecule has 0 bridgehead atoms. The standard InChI is InChI=1S/C24H32N3O10P/c1-3-4-11-33-22(30)15(2)26-38(32)36-18-8-6-5-7-17(18)34-13-16-12-19(24(21(16)29)14-35-37-24)27-20(28)9-10-25-23(27)31/h5-10,15-16,19,21,29,38H,3-4,11-14H2,1-2H3,(H,25,31)(H,26,32)/t15-,16+,19+,21+,24-/m0/s1. The second kappa shape index (κ2) is 12.3. The second-order valence-corrected chi connectivity index (χ2v) is 10.4. The van der Waals surface area contributed by atoms with Gasteiger partial charge in [0.25, 0.3) is 5.56 Å². The average molecular weight is 554 g/mol. The number of aromatic amines is 1. The first-order chi connectivity index (χ1) is 18.3. The van der Waals surface area contributed by atoms with Gasteiger partial charge in [0.1, 0.15) is 12.6 Å². The Balaban J connectivity index is 1.40. The van der Waals surface area contributed by atoms with Crippen molar-refractivity contribution in [2.75, 3.05) is 19.8 Å². The zero-order chi connectivity index (χ0) is 27.3. The van der Waals surface area contributed by atoms with Crippen molar-refractivity contribution in [3.05, 3.63) is 57.4 Å². The van der Waals surface area contributed by atoms with Gasteiger partial charge < -0.3 is 24.1 Å². The summed E-state index contributed by atoms with van der Waals surface area (Å²) >= 11 is 0. The number of rotatable bonds is 12. The fourth-order valence-corrected chi connectivity index (χ4v) is 5.46. The number of hydrogen-bond donors (Lipinski definition) is 3. The molecule has 0 amide bonds. The highest BCUT2D eigenvalue weighted by atomic mass is 31.1. The van der Waals surface area contributed by atoms with Crippen LogP contribution in [0, 0.1) is 5.92 Å². The number of benzene rings is 1. The Hall–Kier alpha value is -2.96. The van der Waals surface area contributed by atoms with Crippen molar-refractivity contribution in [2.45, 2.75) is 56.9 Å². The molecule has 1 aliphatic heterocycles. The van der Waals surface area contributed by atoms with Crippen LogP contribution in [0.25, 0.3) is 0 Å². The summed E-state index contributed by atoms with van der Waals surface area (Å²) in [5.74, 6) is -0.622. The van der Waals surface area contributed by atoms with Gasteiger partial charge >= 0.3 is 19.8 Å². The number of para-hydroxylation sites is 2. The minimum atomic E-state index is -2.89. The quantitative estimate of drug-likeness (QED) is 0.150. The highest BCUT2D eigenvalue weighted by molar-refractivity contribution is 7.37. The molecule has 3 N–H and O–H groups in total. The van der Waals surface area contributed by atoms with Gasteiger partial charge in [-0.15, -0.1) is 0 Å². The van der Waals surface area contributed by atoms with Crippen LogP contribution < -0.4 is 25.6 Å². The maximum Gasteiger partial charge on any atom is 0.328 e. The van der Waals surface area contributed by atoms with Gasteiger partial charge in [-0.2, -0.15) is 0 Å². The van der Waals surface area contributed by atoms with E-state index in [0.717, 1.165) is 17.4 Å². The van der Waals surface area contributed by atoms with Gasteiger partial charge in [0.2, 0.25) is 0 Å². The molecule has 2 aromatic rings. The molecule has 13 nitrogen and oxygen atoms in total. The maximum atomic E-state index is 12.6. The van der Waals surface area contributed by atoms with Crippen LogP contribution >= 0.6 is 8.18 Å². The number of carbonyl (C=O) groups excluding carboxylic acids is 1. The van der Waals surface area contributed by atoms with E-state index in [1.807, 2.05) is 6.92 Å². The van der Waals surface area contributed by atoms with Crippen molar-refractivity contribution in [1.82, 2.24) is 14.6 Å². The van der Waals surface area contributed by atoms with E-state index in [2.05, 4.69) is 10.1 Å². The van der Waals surface area contributed by atoms with Crippen LogP contribution in [-0.2, 0) is 23.9 Å². The number of carbonyl (C=O) groups is 1. The number of esters is 1. The number of aliphatic hydroxyl groups excluding tert-OH is 1. The van der Waals surface area contributed by atoms with Crippen LogP contribution in [0.15, 0.2) is 46.1 Å². The largest absolute Gasteiger partial charge is 0.489 e. The highest BCUT2D eigenvalue weighted by Crippen LogP contribution is 2.49. The van der Waals surface area contributed by atoms with Gasteiger partial charge in [-0.05, 0) is 31.9 Å². The van der Waals surface area contributed by atoms with Gasteiger partial charge in [0, 0.05) is 18.2 Å². The summed E-state index contributed by atoms with van der Waals surface area (Å²) in [5, 5.41) is 13.7. The molecule has 1 spiro atoms. The summed E-state index contributed by atoms with van der Waals surface area (Å²) in [6.07, 6.45) is 1.99. The molecule has 1 aromatic heterocycles. The molecule has 6 atom stereocenters. The monoisotopic (exact) mass is 553 g/mol. The van der Waals surface area contributed by atoms with E-state index < -0.39 is 55.1 Å². The van der Waals surface area contributed by atoms with Crippen LogP contribution in [0.2, 0.25) is 0 Å². The first-order valence-electron chi connectivity index (χ1n) is 12.4. The number of ether oxygens (including phenoxy) is 2. The number of aliphatic hydroxyl groups is 1. The fraction of sp³-hybridized carbons (Fsp3) is 0.542. The highest BCUT2D eigenvalue weighted by Gasteiger charge is 2.63. The number of unbranched alkanes of at least 4 members (excludes halogenated alkanes) is 1. The number of aromatic nitrogens is 2. The molecule has 2 aliphatic rings. The topological polar surface area (TPSA) is 167 Å². The second-order valence-electron chi connectivity index (χ2n) is 9.28. The van der Waals surface area contributed by atoms with Crippen molar-refractivity contribution in [3.8, 4) is 11.5 Å². The Morgan fingerprint density at radius 1 is 1.32 bits per heavy atom. The predicted octanol–water partition coefficient (Wildman–Crippen LogP) is 1.33. The molecule has 2 heterocycles. The summed E-state index contributed by atoms with van der Waals surface area (Å²) in [5.41, 5.74) is -2.41. The van der Waals surface area contributed by atoms with Crippen LogP contribution in [0.4, 0.5) is 0 Å². The molecule has 14 heteroatoms. The van der Waals surface area contributed by atoms with Crippen LogP contribution in [-0.4, -0.2) is 58.2 Å². The molecule has 2 fully saturated rings. The zero-order valence-corrected chi connectivity index (χ0v) is 22.1. The van der Waals surface area contributed by atoms with Gasteiger partial charge in [0.15, 0.2) is 17.1 Å². The molecule has 208 valence electrons. The van der Waals surface area contributed by atoms with Crippen molar-refractivity contribution >= 4 is 14.1 Å². The van der Waals surface area contributed by atoms with E-state index in [1.54, 1.807) is 24.3 Å². The first kappa shape index (κ1) is 28.1. The Kier molecular flexibility index (Phi) is 9.06. The lowest BCUT2D eigenvalue weighted by Crippen LogP contribution is -2.61. The van der Waals surface area contributed by atoms with Gasteiger partial charge in [-0.1, -0.05) is 25.5 Å². The normalized spacial score (nSPS) is 25.9. The molecule has 1 saturated heterocycles. The van der Waals surface area contributed by atoms with Crippen molar-refractivity contribution in [3.63, 3.8) is 0 Å². The molecule has 0 radical (unpaired) electrons. The van der Waals surface area contributed by atoms with E-state index in [-0.39, 0.29) is 31.1 Å². The van der Waals surface area contributed by atoms with E-state index in [0.29, 0.717) is 6.61 Å². The van der Waals surface area contributed by atoms with Gasteiger partial charge in [-0.25, -0.2) is 19.7 Å². The van der Waals surface area contributed by atoms with Crippen LogP contribution in [0.3, 0.4) is 0 Å². The summed E-state index contributed by atoms with van der Waals surface area (Å²) < 4.78 is 30.2. The van der Waals surface area contributed by atoms with Crippen LogP contribution in [0.1, 0.15) is 39.2 Å². The van der Waals surface area contributed by atoms with Crippen molar-refractivity contribution < 1.29 is 38.2 Å². The first-order valence-corrected chi connectivity index (χ1v) is 13.7. The third-order valence-corrected chi connectivity index (χ3v) is 7.75. The summed E-state index contributed by atoms with van der Waals surface area (Å²) in [6.45, 7) is 3.79. The number of H-pyrrole nitrogens is 1. The fourth-order valence-electron chi connectivity index (χ4n) is 4.56. The smallest absolute Gasteiger partial charge is 0.328 e. The molecule has 1 aromatic carbocycles. The number of hydrogen-bond acceptors (Lipinski definition) is 10. The summed E-state index contributed by atoms with van der Waals surface area (Å²) in [7, 11) is -2.89. The van der Waals surface area contributed by atoms with Crippen molar-refractivity contribution in [2.24, 2.45) is 5.92 Å². The zero-order valence-electron chi connectivity index (χ0n) is 21.1. The van der Waals surface area contributed by atoms with Crippen molar-refractivity contribution in [1.29, 1.82) is 0 Å². The Labute approximate surface area is 218 Å². The van der Waals surface area contributed by atoms with E-state index in [4.69, 9.17) is 23.8 Å². The summed E-state index contributed by atoms with van der Waals surface area (Å²) in [4.78, 5) is 49.5. The average Bonchev–Trinajstić information content (AvgIpc) is 3.15. The van der Waals surface area contributed by atoms with E-state index in [9.17, 15) is 24.1 Å². The third-order valence-electron chi connectivity index (χ3n) is 6.67. The minimum Gasteiger partial charge on any atom is -0.489 e. The SMILES string of the molecule is CCCCOC(=O)[C@H](C)N[PH](=O)Oc1ccccc1OC[C@H]1C[C@@H](n2c(=O)cc[nH]c2=O)[C@@]2(COO2)[C@@H]1O. The van der Waals surface area contributed by atoms with Crippen LogP contribution in [0.5, 0.6) is 11.5 Å². The van der Waals surface area contributed by atoms with E-state index in [1.165, 1.54) is 19.2 Å². The molecule has 1 aliphatic carbocycles. The Morgan fingerprint density at radius 2 is 2.05 bits per heavy atom. The third kappa shape index (κ3) is 5.87. The van der Waals surface area contributed by atoms with Gasteiger partial charge in [-0.3, -0.25) is 18.7 Å². The Morgan fingerprint density at radius 3 is 2.71 bits per heavy atom. The summed E-state index contributed by atoms with van der Waals surface area (Å²) in [6, 6.07) is 6.15. The number of nitrogens with one attached hydrogen (secondary N) is 2. The Bertz CT molecular complexity index is 1230. The lowest BCUT2D eigenvalue weighted by Gasteiger charge is -2.43. The van der Waals surface area contributed by atoms with E-state index >= 15 is 0 Å². The molecule has 38 heavy (non-hydrogen) atoms. The molecular formula is C24H32N3O10P. The predicted molar refractivity (Wildman–Crippen MR) is 134 cm³/mol. The molecule has 4 rings (SSSR count). The molecule has 1 unspecified atom stereocenters. The minimum absolute atomic E-state index is 0.00249.